The molecule has 35 heavy (non-hydrogen) atoms. The molecule has 2 atom stereocenters. The SMILES string of the molecule is CCC(C)(C)c1c(OCC2CO2)c(C(C)(C)C)cc(C23CC4CC(CC(C4)C2)C3)c1OCC1CO1. The Labute approximate surface area is 212 Å². The lowest BCUT2D eigenvalue weighted by Gasteiger charge is -2.57. The highest BCUT2D eigenvalue weighted by molar-refractivity contribution is 5.62. The van der Waals surface area contributed by atoms with Crippen molar-refractivity contribution in [2.24, 2.45) is 17.8 Å². The molecule has 4 heteroatoms. The normalized spacial score (nSPS) is 35.3. The predicted molar refractivity (Wildman–Crippen MR) is 139 cm³/mol. The van der Waals surface area contributed by atoms with E-state index in [4.69, 9.17) is 18.9 Å². The molecule has 4 aliphatic carbocycles. The van der Waals surface area contributed by atoms with Gasteiger partial charge < -0.3 is 18.9 Å². The molecule has 4 saturated carbocycles. The lowest BCUT2D eigenvalue weighted by molar-refractivity contribution is -0.00667. The van der Waals surface area contributed by atoms with Crippen LogP contribution in [-0.4, -0.2) is 38.6 Å². The summed E-state index contributed by atoms with van der Waals surface area (Å²) in [5.74, 6) is 4.87. The number of epoxide rings is 2. The summed E-state index contributed by atoms with van der Waals surface area (Å²) in [6, 6.07) is 2.54. The summed E-state index contributed by atoms with van der Waals surface area (Å²) in [5.41, 5.74) is 4.31. The monoisotopic (exact) mass is 482 g/mol. The van der Waals surface area contributed by atoms with Gasteiger partial charge in [0.2, 0.25) is 0 Å². The van der Waals surface area contributed by atoms with Crippen LogP contribution in [0.1, 0.15) is 103 Å². The average Bonchev–Trinajstić information content (AvgIpc) is 3.69. The Kier molecular flexibility index (Phi) is 5.77. The van der Waals surface area contributed by atoms with Crippen LogP contribution in [0, 0.1) is 17.8 Å². The van der Waals surface area contributed by atoms with Crippen molar-refractivity contribution in [3.05, 3.63) is 22.8 Å². The standard InChI is InChI=1S/C31H46O4/c1-7-30(5,6)26-27(34-17-22-15-32-22)24(29(2,3)4)11-25(28(26)35-18-23-16-33-23)31-12-19-8-20(13-31)10-21(9-19)14-31/h11,19-23H,7-10,12-18H2,1-6H3. The van der Waals surface area contributed by atoms with Gasteiger partial charge in [-0.2, -0.15) is 0 Å². The molecule has 6 fully saturated rings. The fourth-order valence-corrected chi connectivity index (χ4v) is 7.81. The van der Waals surface area contributed by atoms with Crippen molar-refractivity contribution in [3.63, 3.8) is 0 Å². The van der Waals surface area contributed by atoms with E-state index in [1.807, 2.05) is 0 Å². The largest absolute Gasteiger partial charge is 0.490 e. The zero-order valence-corrected chi connectivity index (χ0v) is 22.9. The highest BCUT2D eigenvalue weighted by Gasteiger charge is 2.54. The zero-order chi connectivity index (χ0) is 24.6. The topological polar surface area (TPSA) is 43.5 Å². The van der Waals surface area contributed by atoms with Gasteiger partial charge in [0, 0.05) is 16.7 Å². The van der Waals surface area contributed by atoms with E-state index in [0.717, 1.165) is 48.9 Å². The first-order valence-electron chi connectivity index (χ1n) is 14.3. The Hall–Kier alpha value is -1.26. The first-order chi connectivity index (χ1) is 16.6. The van der Waals surface area contributed by atoms with Crippen molar-refractivity contribution in [3.8, 4) is 11.5 Å². The predicted octanol–water partition coefficient (Wildman–Crippen LogP) is 6.69. The van der Waals surface area contributed by atoms with E-state index in [9.17, 15) is 0 Å². The molecule has 0 amide bonds. The van der Waals surface area contributed by atoms with Crippen LogP contribution in [-0.2, 0) is 25.7 Å². The van der Waals surface area contributed by atoms with Gasteiger partial charge in [-0.25, -0.2) is 0 Å². The van der Waals surface area contributed by atoms with E-state index in [-0.39, 0.29) is 28.5 Å². The van der Waals surface area contributed by atoms with Crippen molar-refractivity contribution in [1.29, 1.82) is 0 Å². The summed E-state index contributed by atoms with van der Waals surface area (Å²) in [7, 11) is 0. The van der Waals surface area contributed by atoms with E-state index in [2.05, 4.69) is 47.6 Å². The van der Waals surface area contributed by atoms with Crippen LogP contribution >= 0.6 is 0 Å². The molecule has 6 aliphatic rings. The minimum atomic E-state index is -0.0578. The van der Waals surface area contributed by atoms with Gasteiger partial charge in [0.25, 0.3) is 0 Å². The molecule has 194 valence electrons. The Bertz CT molecular complexity index is 928. The third-order valence-corrected chi connectivity index (χ3v) is 9.84. The van der Waals surface area contributed by atoms with Crippen molar-refractivity contribution in [2.45, 2.75) is 115 Å². The second-order valence-electron chi connectivity index (χ2n) is 14.2. The van der Waals surface area contributed by atoms with Crippen LogP contribution in [0.5, 0.6) is 11.5 Å². The Morgan fingerprint density at radius 3 is 1.74 bits per heavy atom. The summed E-state index contributed by atoms with van der Waals surface area (Å²) in [5, 5.41) is 0. The minimum Gasteiger partial charge on any atom is -0.490 e. The number of benzene rings is 1. The van der Waals surface area contributed by atoms with E-state index < -0.39 is 0 Å². The zero-order valence-electron chi connectivity index (χ0n) is 22.9. The van der Waals surface area contributed by atoms with Gasteiger partial charge >= 0.3 is 0 Å². The van der Waals surface area contributed by atoms with E-state index in [0.29, 0.717) is 13.2 Å². The highest BCUT2D eigenvalue weighted by atomic mass is 16.6. The molecule has 1 aromatic rings. The molecule has 2 aliphatic heterocycles. The van der Waals surface area contributed by atoms with E-state index in [1.54, 1.807) is 0 Å². The van der Waals surface area contributed by atoms with Crippen molar-refractivity contribution in [2.75, 3.05) is 26.4 Å². The maximum Gasteiger partial charge on any atom is 0.130 e. The minimum absolute atomic E-state index is 0.0203. The molecule has 0 N–H and O–H groups in total. The molecule has 2 heterocycles. The van der Waals surface area contributed by atoms with Crippen molar-refractivity contribution in [1.82, 2.24) is 0 Å². The molecule has 0 radical (unpaired) electrons. The third kappa shape index (κ3) is 4.52. The van der Waals surface area contributed by atoms with Crippen molar-refractivity contribution < 1.29 is 18.9 Å². The van der Waals surface area contributed by atoms with Gasteiger partial charge in [-0.15, -0.1) is 0 Å². The van der Waals surface area contributed by atoms with Gasteiger partial charge in [-0.05, 0) is 85.0 Å². The molecular weight excluding hydrogens is 436 g/mol. The van der Waals surface area contributed by atoms with Gasteiger partial charge in [-0.1, -0.05) is 41.5 Å². The highest BCUT2D eigenvalue weighted by Crippen LogP contribution is 2.63. The van der Waals surface area contributed by atoms with Crippen LogP contribution in [0.15, 0.2) is 6.07 Å². The molecule has 4 nitrogen and oxygen atoms in total. The van der Waals surface area contributed by atoms with Crippen LogP contribution in [0.3, 0.4) is 0 Å². The molecular formula is C31H46O4. The number of hydrogen-bond donors (Lipinski definition) is 0. The molecule has 1 aromatic carbocycles. The summed E-state index contributed by atoms with van der Waals surface area (Å²) < 4.78 is 24.7. The summed E-state index contributed by atoms with van der Waals surface area (Å²) in [4.78, 5) is 0. The van der Waals surface area contributed by atoms with Gasteiger partial charge in [0.05, 0.1) is 13.2 Å². The molecule has 0 spiro atoms. The maximum atomic E-state index is 6.86. The molecule has 4 bridgehead atoms. The van der Waals surface area contributed by atoms with Crippen LogP contribution in [0.4, 0.5) is 0 Å². The van der Waals surface area contributed by atoms with E-state index >= 15 is 0 Å². The summed E-state index contributed by atoms with van der Waals surface area (Å²) >= 11 is 0. The fourth-order valence-electron chi connectivity index (χ4n) is 7.81. The van der Waals surface area contributed by atoms with Gasteiger partial charge in [0.15, 0.2) is 0 Å². The quantitative estimate of drug-likeness (QED) is 0.368. The summed E-state index contributed by atoms with van der Waals surface area (Å²) in [6.45, 7) is 17.0. The lowest BCUT2D eigenvalue weighted by Crippen LogP contribution is -2.49. The third-order valence-electron chi connectivity index (χ3n) is 9.84. The van der Waals surface area contributed by atoms with Crippen LogP contribution < -0.4 is 9.47 Å². The number of ether oxygens (including phenoxy) is 4. The molecule has 2 unspecified atom stereocenters. The first kappa shape index (κ1) is 24.1. The fraction of sp³-hybridized carbons (Fsp3) is 0.806. The molecule has 0 aromatic heterocycles. The smallest absolute Gasteiger partial charge is 0.130 e. The van der Waals surface area contributed by atoms with Gasteiger partial charge in [-0.3, -0.25) is 0 Å². The maximum absolute atomic E-state index is 6.86. The number of hydrogen-bond acceptors (Lipinski definition) is 4. The Morgan fingerprint density at radius 2 is 1.31 bits per heavy atom. The first-order valence-corrected chi connectivity index (χ1v) is 14.3. The Balaban J connectivity index is 1.56. The second-order valence-corrected chi connectivity index (χ2v) is 14.2. The number of rotatable bonds is 9. The van der Waals surface area contributed by atoms with Gasteiger partial charge in [0.1, 0.15) is 36.9 Å². The lowest BCUT2D eigenvalue weighted by atomic mass is 9.47. The Morgan fingerprint density at radius 1 is 0.829 bits per heavy atom. The molecule has 7 rings (SSSR count). The second kappa shape index (κ2) is 8.38. The van der Waals surface area contributed by atoms with Crippen LogP contribution in [0.2, 0.25) is 0 Å². The van der Waals surface area contributed by atoms with E-state index in [1.165, 1.54) is 55.2 Å². The molecule has 2 saturated heterocycles. The average molecular weight is 483 g/mol. The van der Waals surface area contributed by atoms with Crippen molar-refractivity contribution >= 4 is 0 Å². The summed E-state index contributed by atoms with van der Waals surface area (Å²) in [6.07, 6.45) is 9.86. The van der Waals surface area contributed by atoms with Crippen LogP contribution in [0.25, 0.3) is 0 Å².